The van der Waals surface area contributed by atoms with Gasteiger partial charge in [0.2, 0.25) is 0 Å². The molecule has 1 fully saturated rings. The zero-order valence-electron chi connectivity index (χ0n) is 14.6. The van der Waals surface area contributed by atoms with E-state index in [2.05, 4.69) is 15.6 Å². The van der Waals surface area contributed by atoms with Gasteiger partial charge in [-0.2, -0.15) is 0 Å². The molecule has 5 nitrogen and oxygen atoms in total. The number of aryl methyl sites for hydroxylation is 1. The van der Waals surface area contributed by atoms with E-state index in [9.17, 15) is 4.79 Å². The van der Waals surface area contributed by atoms with E-state index in [0.717, 1.165) is 11.4 Å². The van der Waals surface area contributed by atoms with Crippen LogP contribution in [-0.2, 0) is 4.79 Å². The van der Waals surface area contributed by atoms with E-state index in [1.54, 1.807) is 6.20 Å². The highest BCUT2D eigenvalue weighted by molar-refractivity contribution is 5.91. The summed E-state index contributed by atoms with van der Waals surface area (Å²) < 4.78 is 5.47. The number of ether oxygens (including phenoxy) is 1. The Kier molecular flexibility index (Phi) is 5.88. The molecule has 0 atom stereocenters. The number of hydrogen-bond acceptors (Lipinski definition) is 4. The number of hydrogen-bond donors (Lipinski definition) is 2. The normalized spacial score (nSPS) is 14.8. The lowest BCUT2D eigenvalue weighted by atomic mass is 9.95. The Morgan fingerprint density at radius 2 is 1.88 bits per heavy atom. The lowest BCUT2D eigenvalue weighted by Crippen LogP contribution is -2.23. The van der Waals surface area contributed by atoms with Crippen LogP contribution in [0.2, 0.25) is 0 Å². The zero-order chi connectivity index (χ0) is 17.5. The van der Waals surface area contributed by atoms with Gasteiger partial charge in [0.15, 0.2) is 6.61 Å². The smallest absolute Gasteiger partial charge is 0.262 e. The van der Waals surface area contributed by atoms with E-state index >= 15 is 0 Å². The molecular weight excluding hydrogens is 314 g/mol. The van der Waals surface area contributed by atoms with E-state index in [4.69, 9.17) is 4.74 Å². The third kappa shape index (κ3) is 5.48. The van der Waals surface area contributed by atoms with Gasteiger partial charge in [-0.25, -0.2) is 4.98 Å². The molecule has 1 saturated carbocycles. The Morgan fingerprint density at radius 3 is 2.56 bits per heavy atom. The van der Waals surface area contributed by atoms with E-state index in [1.807, 2.05) is 43.3 Å². The van der Waals surface area contributed by atoms with Gasteiger partial charge in [-0.1, -0.05) is 37.0 Å². The number of nitrogens with one attached hydrogen (secondary N) is 2. The van der Waals surface area contributed by atoms with Crippen molar-refractivity contribution in [3.8, 4) is 5.75 Å². The Labute approximate surface area is 148 Å². The van der Waals surface area contributed by atoms with Crippen LogP contribution < -0.4 is 15.4 Å². The van der Waals surface area contributed by atoms with Gasteiger partial charge in [-0.05, 0) is 44.0 Å². The van der Waals surface area contributed by atoms with Crippen LogP contribution in [0.3, 0.4) is 0 Å². The summed E-state index contributed by atoms with van der Waals surface area (Å²) in [4.78, 5) is 16.4. The zero-order valence-corrected chi connectivity index (χ0v) is 14.6. The summed E-state index contributed by atoms with van der Waals surface area (Å²) in [7, 11) is 0. The number of benzene rings is 1. The van der Waals surface area contributed by atoms with Crippen LogP contribution in [0, 0.1) is 6.92 Å². The molecule has 2 N–H and O–H groups in total. The average molecular weight is 339 g/mol. The fourth-order valence-electron chi connectivity index (χ4n) is 2.99. The molecule has 1 heterocycles. The van der Waals surface area contributed by atoms with Gasteiger partial charge in [0.25, 0.3) is 5.91 Å². The second-order valence-electron chi connectivity index (χ2n) is 6.56. The first-order valence-corrected chi connectivity index (χ1v) is 8.91. The summed E-state index contributed by atoms with van der Waals surface area (Å²) in [6, 6.07) is 11.9. The average Bonchev–Trinajstić information content (AvgIpc) is 2.64. The van der Waals surface area contributed by atoms with Crippen LogP contribution in [0.25, 0.3) is 0 Å². The lowest BCUT2D eigenvalue weighted by molar-refractivity contribution is -0.118. The van der Waals surface area contributed by atoms with Crippen molar-refractivity contribution in [1.29, 1.82) is 0 Å². The van der Waals surface area contributed by atoms with Crippen LogP contribution in [-0.4, -0.2) is 23.5 Å². The Hall–Kier alpha value is -2.56. The lowest BCUT2D eigenvalue weighted by Gasteiger charge is -2.23. The summed E-state index contributed by atoms with van der Waals surface area (Å²) in [5, 5.41) is 6.26. The van der Waals surface area contributed by atoms with Gasteiger partial charge in [0.05, 0.1) is 11.9 Å². The highest BCUT2D eigenvalue weighted by atomic mass is 16.5. The standard InChI is InChI=1S/C20H25N3O2/c1-15-7-10-18(11-8-15)25-14-20(24)23-17-9-12-19(21-13-17)22-16-5-3-2-4-6-16/h7-13,16H,2-6,14H2,1H3,(H,21,22)(H,23,24). The molecule has 1 aliphatic carbocycles. The van der Waals surface area contributed by atoms with E-state index in [1.165, 1.54) is 32.1 Å². The number of amides is 1. The van der Waals surface area contributed by atoms with Crippen molar-refractivity contribution in [2.45, 2.75) is 45.1 Å². The topological polar surface area (TPSA) is 63.2 Å². The van der Waals surface area contributed by atoms with Crippen molar-refractivity contribution < 1.29 is 9.53 Å². The number of pyridine rings is 1. The summed E-state index contributed by atoms with van der Waals surface area (Å²) in [6.07, 6.45) is 7.99. The number of carbonyl (C=O) groups excluding carboxylic acids is 1. The summed E-state index contributed by atoms with van der Waals surface area (Å²) in [6.45, 7) is 1.99. The van der Waals surface area contributed by atoms with Crippen LogP contribution in [0.4, 0.5) is 11.5 Å². The fourth-order valence-corrected chi connectivity index (χ4v) is 2.99. The molecule has 0 spiro atoms. The minimum atomic E-state index is -0.199. The van der Waals surface area contributed by atoms with Gasteiger partial charge >= 0.3 is 0 Å². The van der Waals surface area contributed by atoms with E-state index in [0.29, 0.717) is 17.5 Å². The third-order valence-corrected chi connectivity index (χ3v) is 4.40. The fraction of sp³-hybridized carbons (Fsp3) is 0.400. The quantitative estimate of drug-likeness (QED) is 0.830. The highest BCUT2D eigenvalue weighted by Gasteiger charge is 2.13. The molecule has 1 aromatic carbocycles. The Morgan fingerprint density at radius 1 is 1.12 bits per heavy atom. The molecule has 2 aromatic rings. The Balaban J connectivity index is 1.45. The SMILES string of the molecule is Cc1ccc(OCC(=O)Nc2ccc(NC3CCCCC3)nc2)cc1. The van der Waals surface area contributed by atoms with Crippen LogP contribution in [0.1, 0.15) is 37.7 Å². The van der Waals surface area contributed by atoms with E-state index in [-0.39, 0.29) is 12.5 Å². The second-order valence-corrected chi connectivity index (χ2v) is 6.56. The predicted octanol–water partition coefficient (Wildman–Crippen LogP) is 4.15. The first-order valence-electron chi connectivity index (χ1n) is 8.91. The Bertz CT molecular complexity index is 677. The maximum Gasteiger partial charge on any atom is 0.262 e. The molecule has 0 radical (unpaired) electrons. The maximum absolute atomic E-state index is 12.0. The molecule has 132 valence electrons. The molecular formula is C20H25N3O2. The molecule has 0 bridgehead atoms. The molecule has 0 saturated heterocycles. The van der Waals surface area contributed by atoms with Gasteiger partial charge in [-0.3, -0.25) is 4.79 Å². The van der Waals surface area contributed by atoms with Crippen molar-refractivity contribution in [1.82, 2.24) is 4.98 Å². The number of nitrogens with zero attached hydrogens (tertiary/aromatic N) is 1. The molecule has 1 aromatic heterocycles. The van der Waals surface area contributed by atoms with Crippen LogP contribution >= 0.6 is 0 Å². The van der Waals surface area contributed by atoms with E-state index < -0.39 is 0 Å². The number of rotatable bonds is 6. The molecule has 3 rings (SSSR count). The summed E-state index contributed by atoms with van der Waals surface area (Å²) in [5.41, 5.74) is 1.83. The molecule has 0 unspecified atom stereocenters. The first-order chi connectivity index (χ1) is 12.2. The van der Waals surface area contributed by atoms with Gasteiger partial charge < -0.3 is 15.4 Å². The van der Waals surface area contributed by atoms with Crippen LogP contribution in [0.5, 0.6) is 5.75 Å². The largest absolute Gasteiger partial charge is 0.484 e. The summed E-state index contributed by atoms with van der Waals surface area (Å²) >= 11 is 0. The highest BCUT2D eigenvalue weighted by Crippen LogP contribution is 2.21. The van der Waals surface area contributed by atoms with Crippen molar-refractivity contribution in [3.63, 3.8) is 0 Å². The molecule has 25 heavy (non-hydrogen) atoms. The maximum atomic E-state index is 12.0. The predicted molar refractivity (Wildman–Crippen MR) is 100 cm³/mol. The summed E-state index contributed by atoms with van der Waals surface area (Å²) in [5.74, 6) is 1.35. The molecule has 1 aliphatic rings. The van der Waals surface area contributed by atoms with Gasteiger partial charge in [0, 0.05) is 6.04 Å². The van der Waals surface area contributed by atoms with Crippen LogP contribution in [0.15, 0.2) is 42.6 Å². The van der Waals surface area contributed by atoms with Crippen molar-refractivity contribution in [2.75, 3.05) is 17.2 Å². The molecule has 5 heteroatoms. The minimum Gasteiger partial charge on any atom is -0.484 e. The minimum absolute atomic E-state index is 0.0227. The number of carbonyl (C=O) groups is 1. The van der Waals surface area contributed by atoms with Crippen molar-refractivity contribution >= 4 is 17.4 Å². The van der Waals surface area contributed by atoms with Crippen molar-refractivity contribution in [3.05, 3.63) is 48.2 Å². The molecule has 1 amide bonds. The van der Waals surface area contributed by atoms with Crippen molar-refractivity contribution in [2.24, 2.45) is 0 Å². The van der Waals surface area contributed by atoms with Gasteiger partial charge in [-0.15, -0.1) is 0 Å². The number of anilines is 2. The first kappa shape index (κ1) is 17.3. The number of aromatic nitrogens is 1. The third-order valence-electron chi connectivity index (χ3n) is 4.40. The monoisotopic (exact) mass is 339 g/mol. The second kappa shape index (κ2) is 8.51. The van der Waals surface area contributed by atoms with Gasteiger partial charge in [0.1, 0.15) is 11.6 Å². The molecule has 0 aliphatic heterocycles.